The third-order valence-corrected chi connectivity index (χ3v) is 2.53. The summed E-state index contributed by atoms with van der Waals surface area (Å²) in [5, 5.41) is 0.933. The van der Waals surface area contributed by atoms with Gasteiger partial charge in [0.2, 0.25) is 0 Å². The zero-order chi connectivity index (χ0) is 6.97. The first-order valence-electron chi connectivity index (χ1n) is 3.11. The molecule has 52 valence electrons. The lowest BCUT2D eigenvalue weighted by Gasteiger charge is -1.87. The number of fused-ring (bicyclic) bond motifs is 1. The maximum absolute atomic E-state index is 10.3. The summed E-state index contributed by atoms with van der Waals surface area (Å²) in [4.78, 5) is 11.0. The van der Waals surface area contributed by atoms with Gasteiger partial charge < -0.3 is 4.74 Å². The molecule has 0 N–H and O–H groups in total. The maximum atomic E-state index is 10.3. The van der Waals surface area contributed by atoms with E-state index in [2.05, 4.69) is 0 Å². The fraction of sp³-hybridized carbons (Fsp3) is 0.286. The average Bonchev–Trinajstić information content (AvgIpc) is 2.42. The van der Waals surface area contributed by atoms with Crippen molar-refractivity contribution in [1.82, 2.24) is 0 Å². The normalized spacial score (nSPS) is 14.4. The summed E-state index contributed by atoms with van der Waals surface area (Å²) in [6, 6.07) is 1.90. The van der Waals surface area contributed by atoms with Gasteiger partial charge in [-0.15, -0.1) is 0 Å². The quantitative estimate of drug-likeness (QED) is 0.573. The highest BCUT2D eigenvalue weighted by Gasteiger charge is 2.15. The molecule has 1 aliphatic heterocycles. The van der Waals surface area contributed by atoms with Crippen LogP contribution in [0.15, 0.2) is 6.07 Å². The lowest BCUT2D eigenvalue weighted by molar-refractivity contribution is 0.112. The Bertz CT molecular complexity index is 243. The summed E-state index contributed by atoms with van der Waals surface area (Å²) >= 11 is 1.43. The van der Waals surface area contributed by atoms with E-state index in [1.807, 2.05) is 6.07 Å². The molecule has 0 spiro atoms. The van der Waals surface area contributed by atoms with Crippen LogP contribution < -0.4 is 4.74 Å². The third-order valence-electron chi connectivity index (χ3n) is 1.51. The van der Waals surface area contributed by atoms with Crippen LogP contribution in [0.4, 0.5) is 0 Å². The Morgan fingerprint density at radius 1 is 1.70 bits per heavy atom. The Morgan fingerprint density at radius 3 is 3.30 bits per heavy atom. The van der Waals surface area contributed by atoms with E-state index in [1.54, 1.807) is 0 Å². The van der Waals surface area contributed by atoms with Gasteiger partial charge in [-0.2, -0.15) is 0 Å². The standard InChI is InChI=1S/C7H6O2S/c8-4-6-3-5-1-2-9-7(5)10-6/h3-4H,1-2H2. The van der Waals surface area contributed by atoms with Gasteiger partial charge >= 0.3 is 0 Å². The lowest BCUT2D eigenvalue weighted by atomic mass is 10.2. The second kappa shape index (κ2) is 2.09. The van der Waals surface area contributed by atoms with Crippen LogP contribution in [0.2, 0.25) is 0 Å². The van der Waals surface area contributed by atoms with Crippen molar-refractivity contribution < 1.29 is 9.53 Å². The first-order valence-corrected chi connectivity index (χ1v) is 3.92. The van der Waals surface area contributed by atoms with Gasteiger partial charge in [0.25, 0.3) is 0 Å². The summed E-state index contributed by atoms with van der Waals surface area (Å²) in [5.74, 6) is 0. The molecule has 0 radical (unpaired) electrons. The largest absolute Gasteiger partial charge is 0.483 e. The molecule has 0 saturated carbocycles. The Labute approximate surface area is 62.4 Å². The molecule has 1 aromatic rings. The molecular formula is C7H6O2S. The number of carbonyl (C=O) groups excluding carboxylic acids is 1. The second-order valence-corrected chi connectivity index (χ2v) is 3.22. The van der Waals surface area contributed by atoms with Crippen molar-refractivity contribution in [2.45, 2.75) is 6.42 Å². The Kier molecular flexibility index (Phi) is 1.24. The Hall–Kier alpha value is -0.830. The van der Waals surface area contributed by atoms with E-state index < -0.39 is 0 Å². The van der Waals surface area contributed by atoms with Crippen molar-refractivity contribution in [2.24, 2.45) is 0 Å². The van der Waals surface area contributed by atoms with E-state index >= 15 is 0 Å². The van der Waals surface area contributed by atoms with Gasteiger partial charge in [-0.25, -0.2) is 0 Å². The fourth-order valence-electron chi connectivity index (χ4n) is 1.04. The van der Waals surface area contributed by atoms with E-state index in [0.29, 0.717) is 0 Å². The van der Waals surface area contributed by atoms with Crippen LogP contribution in [-0.4, -0.2) is 12.9 Å². The molecule has 3 heteroatoms. The van der Waals surface area contributed by atoms with Crippen molar-refractivity contribution in [1.29, 1.82) is 0 Å². The van der Waals surface area contributed by atoms with E-state index in [-0.39, 0.29) is 0 Å². The predicted molar refractivity (Wildman–Crippen MR) is 38.9 cm³/mol. The first kappa shape index (κ1) is 5.92. The number of aldehydes is 1. The number of ether oxygens (including phenoxy) is 1. The monoisotopic (exact) mass is 154 g/mol. The van der Waals surface area contributed by atoms with Gasteiger partial charge in [-0.05, 0) is 6.07 Å². The van der Waals surface area contributed by atoms with Gasteiger partial charge in [0.1, 0.15) is 0 Å². The molecule has 2 rings (SSSR count). The van der Waals surface area contributed by atoms with E-state index in [1.165, 1.54) is 16.9 Å². The minimum Gasteiger partial charge on any atom is -0.483 e. The van der Waals surface area contributed by atoms with Crippen molar-refractivity contribution in [3.63, 3.8) is 0 Å². The summed E-state index contributed by atoms with van der Waals surface area (Å²) in [7, 11) is 0. The van der Waals surface area contributed by atoms with Crippen molar-refractivity contribution in [3.05, 3.63) is 16.5 Å². The van der Waals surface area contributed by atoms with Crippen molar-refractivity contribution >= 4 is 17.6 Å². The second-order valence-electron chi connectivity index (χ2n) is 2.18. The predicted octanol–water partition coefficient (Wildman–Crippen LogP) is 1.50. The third kappa shape index (κ3) is 0.743. The summed E-state index contributed by atoms with van der Waals surface area (Å²) in [5.41, 5.74) is 1.19. The van der Waals surface area contributed by atoms with Gasteiger partial charge in [0, 0.05) is 12.0 Å². The van der Waals surface area contributed by atoms with Crippen molar-refractivity contribution in [2.75, 3.05) is 6.61 Å². The zero-order valence-corrected chi connectivity index (χ0v) is 6.11. The van der Waals surface area contributed by atoms with E-state index in [0.717, 1.165) is 29.3 Å². The minimum absolute atomic E-state index is 0.768. The molecule has 0 aliphatic carbocycles. The zero-order valence-electron chi connectivity index (χ0n) is 5.29. The van der Waals surface area contributed by atoms with Crippen LogP contribution in [-0.2, 0) is 6.42 Å². The minimum atomic E-state index is 0.768. The molecule has 0 aromatic carbocycles. The molecule has 0 atom stereocenters. The van der Waals surface area contributed by atoms with Gasteiger partial charge in [0.15, 0.2) is 11.3 Å². The van der Waals surface area contributed by atoms with Crippen LogP contribution in [0.5, 0.6) is 5.06 Å². The average molecular weight is 154 g/mol. The Balaban J connectivity index is 2.46. The van der Waals surface area contributed by atoms with Gasteiger partial charge in [-0.1, -0.05) is 11.3 Å². The maximum Gasteiger partial charge on any atom is 0.177 e. The lowest BCUT2D eigenvalue weighted by Crippen LogP contribution is -1.87. The highest BCUT2D eigenvalue weighted by atomic mass is 32.1. The molecule has 2 nitrogen and oxygen atoms in total. The van der Waals surface area contributed by atoms with Crippen LogP contribution in [0.1, 0.15) is 15.2 Å². The Morgan fingerprint density at radius 2 is 2.60 bits per heavy atom. The van der Waals surface area contributed by atoms with Gasteiger partial charge in [0.05, 0.1) is 11.5 Å². The molecule has 1 aromatic heterocycles. The SMILES string of the molecule is O=Cc1cc2c(s1)OCC2. The summed E-state index contributed by atoms with van der Waals surface area (Å²) in [6.45, 7) is 0.778. The molecule has 2 heterocycles. The topological polar surface area (TPSA) is 26.3 Å². The summed E-state index contributed by atoms with van der Waals surface area (Å²) < 4.78 is 5.24. The van der Waals surface area contributed by atoms with Crippen molar-refractivity contribution in [3.8, 4) is 5.06 Å². The molecule has 0 bridgehead atoms. The summed E-state index contributed by atoms with van der Waals surface area (Å²) in [6.07, 6.45) is 1.83. The molecule has 0 amide bonds. The first-order chi connectivity index (χ1) is 4.90. The molecule has 1 aliphatic rings. The highest BCUT2D eigenvalue weighted by molar-refractivity contribution is 7.15. The van der Waals surface area contributed by atoms with E-state index in [4.69, 9.17) is 4.74 Å². The van der Waals surface area contributed by atoms with E-state index in [9.17, 15) is 4.79 Å². The molecule has 0 fully saturated rings. The van der Waals surface area contributed by atoms with Crippen LogP contribution in [0.25, 0.3) is 0 Å². The van der Waals surface area contributed by atoms with Crippen LogP contribution in [0, 0.1) is 0 Å². The number of thiophene rings is 1. The highest BCUT2D eigenvalue weighted by Crippen LogP contribution is 2.33. The number of hydrogen-bond acceptors (Lipinski definition) is 3. The smallest absolute Gasteiger partial charge is 0.177 e. The molecule has 0 saturated heterocycles. The molecular weight excluding hydrogens is 148 g/mol. The number of hydrogen-bond donors (Lipinski definition) is 0. The fourth-order valence-corrected chi connectivity index (χ4v) is 1.94. The number of rotatable bonds is 1. The number of carbonyl (C=O) groups is 1. The molecule has 10 heavy (non-hydrogen) atoms. The van der Waals surface area contributed by atoms with Crippen LogP contribution in [0.3, 0.4) is 0 Å². The van der Waals surface area contributed by atoms with Crippen LogP contribution >= 0.6 is 11.3 Å². The van der Waals surface area contributed by atoms with Gasteiger partial charge in [-0.3, -0.25) is 4.79 Å². The molecule has 0 unspecified atom stereocenters.